The zero-order valence-electron chi connectivity index (χ0n) is 50.3. The number of quaternary nitrogens is 1. The summed E-state index contributed by atoms with van der Waals surface area (Å²) < 4.78 is 23.0. The second-order valence-electron chi connectivity index (χ2n) is 23.8. The fourth-order valence-electron chi connectivity index (χ4n) is 10.1. The first-order chi connectivity index (χ1) is 36.1. The Labute approximate surface area is 460 Å². The maximum absolute atomic E-state index is 12.9. The molecule has 1 N–H and O–H groups in total. The van der Waals surface area contributed by atoms with Gasteiger partial charge in [-0.25, -0.2) is 4.79 Å². The Kier molecular flexibility index (Phi) is 56.1. The monoisotopic (exact) mass is 1050 g/mol. The van der Waals surface area contributed by atoms with E-state index in [2.05, 4.69) is 13.8 Å². The van der Waals surface area contributed by atoms with Crippen molar-refractivity contribution in [2.75, 3.05) is 47.5 Å². The van der Waals surface area contributed by atoms with Crippen LogP contribution in [0.5, 0.6) is 0 Å². The number of carbonyl (C=O) groups excluding carboxylic acids is 2. The Morgan fingerprint density at radius 2 is 0.608 bits per heavy atom. The highest BCUT2D eigenvalue weighted by atomic mass is 16.7. The highest BCUT2D eigenvalue weighted by Gasteiger charge is 2.25. The Morgan fingerprint density at radius 1 is 0.351 bits per heavy atom. The van der Waals surface area contributed by atoms with E-state index >= 15 is 0 Å². The number of unbranched alkanes of at least 4 members (excludes halogenated alkanes) is 47. The van der Waals surface area contributed by atoms with Crippen LogP contribution in [0.3, 0.4) is 0 Å². The average Bonchev–Trinajstić information content (AvgIpc) is 3.37. The molecule has 0 aromatic heterocycles. The van der Waals surface area contributed by atoms with E-state index in [1.54, 1.807) is 0 Å². The summed E-state index contributed by atoms with van der Waals surface area (Å²) in [4.78, 5) is 37.5. The standard InChI is InChI=1S/C65H127NO8/c1-6-8-10-12-14-16-18-20-22-24-26-28-29-30-31-32-33-34-36-38-40-42-44-46-48-50-52-54-56-63(68)74-61(60-73-65(64(69)70)71-58-57-66(3,4)5)59-72-62(67)55-53-51-49-47-45-43-41-39-37-35-27-25-23-21-19-17-15-13-11-9-7-2/h61,65H,6-60H2,1-5H3/p+1. The van der Waals surface area contributed by atoms with Gasteiger partial charge in [-0.3, -0.25) is 9.59 Å². The van der Waals surface area contributed by atoms with Gasteiger partial charge in [0.15, 0.2) is 6.10 Å². The lowest BCUT2D eigenvalue weighted by Gasteiger charge is -2.25. The summed E-state index contributed by atoms with van der Waals surface area (Å²) in [6.07, 6.45) is 63.5. The predicted octanol–water partition coefficient (Wildman–Crippen LogP) is 19.5. The summed E-state index contributed by atoms with van der Waals surface area (Å²) in [5.74, 6) is -1.97. The topological polar surface area (TPSA) is 108 Å². The minimum Gasteiger partial charge on any atom is -0.477 e. The normalized spacial score (nSPS) is 12.6. The van der Waals surface area contributed by atoms with E-state index in [0.717, 1.165) is 38.5 Å². The molecule has 74 heavy (non-hydrogen) atoms. The Bertz CT molecular complexity index is 1180. The van der Waals surface area contributed by atoms with Crippen molar-refractivity contribution < 1.29 is 42.9 Å². The largest absolute Gasteiger partial charge is 0.477 e. The van der Waals surface area contributed by atoms with Gasteiger partial charge in [0, 0.05) is 12.8 Å². The van der Waals surface area contributed by atoms with Gasteiger partial charge in [-0.1, -0.05) is 316 Å². The highest BCUT2D eigenvalue weighted by Crippen LogP contribution is 2.19. The molecule has 0 saturated heterocycles. The van der Waals surface area contributed by atoms with E-state index in [1.165, 1.54) is 276 Å². The average molecular weight is 1050 g/mol. The molecule has 0 saturated carbocycles. The van der Waals surface area contributed by atoms with Crippen molar-refractivity contribution in [1.29, 1.82) is 0 Å². The third kappa shape index (κ3) is 58.0. The van der Waals surface area contributed by atoms with Crippen LogP contribution in [0, 0.1) is 0 Å². The van der Waals surface area contributed by atoms with Gasteiger partial charge >= 0.3 is 17.9 Å². The second-order valence-corrected chi connectivity index (χ2v) is 23.8. The number of aliphatic carboxylic acids is 1. The van der Waals surface area contributed by atoms with Crippen LogP contribution in [-0.2, 0) is 33.3 Å². The van der Waals surface area contributed by atoms with E-state index in [1.807, 2.05) is 21.1 Å². The van der Waals surface area contributed by atoms with Crippen LogP contribution in [0.25, 0.3) is 0 Å². The molecule has 0 bridgehead atoms. The van der Waals surface area contributed by atoms with Crippen LogP contribution < -0.4 is 0 Å². The SMILES string of the molecule is CCCCCCCCCCCCCCCCCCCCCCCCCCCCCCC(=O)OC(COC(=O)CCCCCCCCCCCCCCCCCCCCCCC)COC(OCC[N+](C)(C)C)C(=O)O. The maximum atomic E-state index is 12.9. The molecule has 0 aliphatic heterocycles. The number of nitrogens with zero attached hydrogens (tertiary/aromatic N) is 1. The molecule has 0 aromatic carbocycles. The molecule has 9 heteroatoms. The molecule has 9 nitrogen and oxygen atoms in total. The van der Waals surface area contributed by atoms with E-state index in [-0.39, 0.29) is 38.2 Å². The molecule has 2 atom stereocenters. The number of carbonyl (C=O) groups is 3. The number of carboxylic acids is 1. The van der Waals surface area contributed by atoms with Gasteiger partial charge in [-0.05, 0) is 12.8 Å². The highest BCUT2D eigenvalue weighted by molar-refractivity contribution is 5.71. The minimum absolute atomic E-state index is 0.172. The van der Waals surface area contributed by atoms with Crippen LogP contribution >= 0.6 is 0 Å². The molecular formula is C65H128NO8+. The first kappa shape index (κ1) is 72.3. The zero-order valence-corrected chi connectivity index (χ0v) is 50.3. The van der Waals surface area contributed by atoms with Gasteiger partial charge < -0.3 is 28.5 Å². The minimum atomic E-state index is -1.50. The molecule has 440 valence electrons. The first-order valence-corrected chi connectivity index (χ1v) is 32.7. The number of ether oxygens (including phenoxy) is 4. The van der Waals surface area contributed by atoms with E-state index in [0.29, 0.717) is 17.4 Å². The van der Waals surface area contributed by atoms with Crippen LogP contribution in [0.2, 0.25) is 0 Å². The summed E-state index contributed by atoms with van der Waals surface area (Å²) >= 11 is 0. The van der Waals surface area contributed by atoms with Gasteiger partial charge in [0.1, 0.15) is 13.2 Å². The third-order valence-electron chi connectivity index (χ3n) is 15.1. The number of hydrogen-bond donors (Lipinski definition) is 1. The number of rotatable bonds is 62. The summed E-state index contributed by atoms with van der Waals surface area (Å²) in [5, 5.41) is 9.72. The summed E-state index contributed by atoms with van der Waals surface area (Å²) in [7, 11) is 5.99. The molecule has 0 fully saturated rings. The quantitative estimate of drug-likeness (QED) is 0.0278. The van der Waals surface area contributed by atoms with Gasteiger partial charge in [0.25, 0.3) is 6.29 Å². The lowest BCUT2D eigenvalue weighted by molar-refractivity contribution is -0.870. The number of hydrogen-bond acceptors (Lipinski definition) is 7. The van der Waals surface area contributed by atoms with Crippen molar-refractivity contribution >= 4 is 17.9 Å². The summed E-state index contributed by atoms with van der Waals surface area (Å²) in [6, 6.07) is 0. The van der Waals surface area contributed by atoms with Gasteiger partial charge in [-0.15, -0.1) is 0 Å². The van der Waals surface area contributed by atoms with Gasteiger partial charge in [0.2, 0.25) is 0 Å². The number of esters is 2. The molecule has 0 rings (SSSR count). The number of likely N-dealkylation sites (N-methyl/N-ethyl adjacent to an activating group) is 1. The maximum Gasteiger partial charge on any atom is 0.361 e. The van der Waals surface area contributed by atoms with Crippen LogP contribution in [0.1, 0.15) is 341 Å². The molecule has 0 heterocycles. The van der Waals surface area contributed by atoms with Crippen molar-refractivity contribution in [2.45, 2.75) is 354 Å². The molecule has 0 aliphatic carbocycles. The first-order valence-electron chi connectivity index (χ1n) is 32.7. The van der Waals surface area contributed by atoms with Crippen molar-refractivity contribution in [3.05, 3.63) is 0 Å². The predicted molar refractivity (Wildman–Crippen MR) is 314 cm³/mol. The van der Waals surface area contributed by atoms with Crippen molar-refractivity contribution in [3.63, 3.8) is 0 Å². The molecule has 2 unspecified atom stereocenters. The van der Waals surface area contributed by atoms with Crippen molar-refractivity contribution in [1.82, 2.24) is 0 Å². The second kappa shape index (κ2) is 57.5. The smallest absolute Gasteiger partial charge is 0.361 e. The Hall–Kier alpha value is -1.71. The number of carboxylic acid groups (broad SMARTS) is 1. The zero-order chi connectivity index (χ0) is 54.1. The molecule has 0 amide bonds. The molecule has 0 radical (unpaired) electrons. The summed E-state index contributed by atoms with van der Waals surface area (Å²) in [5.41, 5.74) is 0. The van der Waals surface area contributed by atoms with Gasteiger partial charge in [-0.2, -0.15) is 0 Å². The van der Waals surface area contributed by atoms with E-state index in [4.69, 9.17) is 18.9 Å². The third-order valence-corrected chi connectivity index (χ3v) is 15.1. The Balaban J connectivity index is 4.09. The lowest BCUT2D eigenvalue weighted by atomic mass is 10.0. The van der Waals surface area contributed by atoms with Crippen LogP contribution in [-0.4, -0.2) is 87.4 Å². The molecule has 0 aliphatic rings. The van der Waals surface area contributed by atoms with Crippen LogP contribution in [0.4, 0.5) is 0 Å². The van der Waals surface area contributed by atoms with Crippen molar-refractivity contribution in [3.8, 4) is 0 Å². The molecule has 0 spiro atoms. The molecular weight excluding hydrogens is 923 g/mol. The van der Waals surface area contributed by atoms with Gasteiger partial charge in [0.05, 0.1) is 34.4 Å². The van der Waals surface area contributed by atoms with E-state index in [9.17, 15) is 19.5 Å². The fourth-order valence-corrected chi connectivity index (χ4v) is 10.1. The van der Waals surface area contributed by atoms with Crippen molar-refractivity contribution in [2.24, 2.45) is 0 Å². The Morgan fingerprint density at radius 3 is 0.865 bits per heavy atom. The molecule has 0 aromatic rings. The van der Waals surface area contributed by atoms with E-state index < -0.39 is 18.4 Å². The summed E-state index contributed by atoms with van der Waals surface area (Å²) in [6.45, 7) is 4.96. The fraction of sp³-hybridized carbons (Fsp3) is 0.954. The lowest BCUT2D eigenvalue weighted by Crippen LogP contribution is -2.40. The van der Waals surface area contributed by atoms with Crippen LogP contribution in [0.15, 0.2) is 0 Å².